The van der Waals surface area contributed by atoms with E-state index in [4.69, 9.17) is 19.1 Å². The molecular formula is C37H60O11. The Hall–Kier alpha value is -1.86. The molecule has 0 radical (unpaired) electrons. The molecule has 274 valence electrons. The summed E-state index contributed by atoms with van der Waals surface area (Å²) in [5.41, 5.74) is -0.223. The third kappa shape index (κ3) is 6.90. The molecule has 0 amide bonds. The first-order valence-electron chi connectivity index (χ1n) is 17.6. The molecule has 3 aliphatic carbocycles. The molecule has 4 fully saturated rings. The van der Waals surface area contributed by atoms with E-state index in [2.05, 4.69) is 33.9 Å². The van der Waals surface area contributed by atoms with Crippen molar-refractivity contribution in [3.63, 3.8) is 0 Å². The Balaban J connectivity index is 1.70. The van der Waals surface area contributed by atoms with Gasteiger partial charge in [0.25, 0.3) is 0 Å². The largest absolute Gasteiger partial charge is 0.481 e. The molecule has 11 heteroatoms. The maximum Gasteiger partial charge on any atom is 0.303 e. The van der Waals surface area contributed by atoms with Gasteiger partial charge in [0, 0.05) is 13.3 Å². The van der Waals surface area contributed by atoms with E-state index in [1.54, 1.807) is 6.92 Å². The van der Waals surface area contributed by atoms with Crippen LogP contribution in [0, 0.1) is 39.9 Å². The van der Waals surface area contributed by atoms with E-state index in [0.29, 0.717) is 37.7 Å². The molecule has 0 bridgehead atoms. The quantitative estimate of drug-likeness (QED) is 0.0701. The normalized spacial score (nSPS) is 42.7. The van der Waals surface area contributed by atoms with E-state index < -0.39 is 54.3 Å². The lowest BCUT2D eigenvalue weighted by Crippen LogP contribution is -2.64. The van der Waals surface area contributed by atoms with Crippen molar-refractivity contribution in [3.8, 4) is 0 Å². The summed E-state index contributed by atoms with van der Waals surface area (Å²) in [5.74, 6) is -1.55. The molecule has 2 unspecified atom stereocenters. The number of ether oxygens (including phenoxy) is 3. The lowest BCUT2D eigenvalue weighted by atomic mass is 9.37. The first-order chi connectivity index (χ1) is 22.3. The van der Waals surface area contributed by atoms with Crippen molar-refractivity contribution in [3.05, 3.63) is 24.3 Å². The van der Waals surface area contributed by atoms with Crippen LogP contribution in [0.2, 0.25) is 0 Å². The highest BCUT2D eigenvalue weighted by Gasteiger charge is 2.70. The number of rotatable bonds is 14. The van der Waals surface area contributed by atoms with Crippen LogP contribution in [-0.2, 0) is 28.7 Å². The lowest BCUT2D eigenvalue weighted by molar-refractivity contribution is -0.280. The zero-order chi connectivity index (χ0) is 36.0. The van der Waals surface area contributed by atoms with Gasteiger partial charge in [-0.05, 0) is 118 Å². The van der Waals surface area contributed by atoms with E-state index >= 15 is 0 Å². The molecule has 0 aromatic heterocycles. The van der Waals surface area contributed by atoms with Gasteiger partial charge < -0.3 is 34.6 Å². The van der Waals surface area contributed by atoms with Gasteiger partial charge in [0.05, 0.1) is 11.7 Å². The highest BCUT2D eigenvalue weighted by molar-refractivity contribution is 5.66. The number of carbonyl (C=O) groups is 2. The second-order valence-electron chi connectivity index (χ2n) is 16.4. The monoisotopic (exact) mass is 680 g/mol. The van der Waals surface area contributed by atoms with Crippen molar-refractivity contribution in [2.24, 2.45) is 39.9 Å². The van der Waals surface area contributed by atoms with Crippen LogP contribution in [0.3, 0.4) is 0 Å². The van der Waals surface area contributed by atoms with Gasteiger partial charge in [0.1, 0.15) is 31.0 Å². The van der Waals surface area contributed by atoms with Gasteiger partial charge in [-0.1, -0.05) is 39.5 Å². The van der Waals surface area contributed by atoms with Crippen LogP contribution in [0.15, 0.2) is 24.3 Å². The van der Waals surface area contributed by atoms with E-state index in [1.165, 1.54) is 6.92 Å². The number of aliphatic carboxylic acids is 1. The van der Waals surface area contributed by atoms with Gasteiger partial charge in [0.2, 0.25) is 0 Å². The third-order valence-corrected chi connectivity index (χ3v) is 13.6. The molecule has 1 aliphatic heterocycles. The summed E-state index contributed by atoms with van der Waals surface area (Å²) in [6.07, 6.45) is -1.21. The second-order valence-corrected chi connectivity index (χ2v) is 16.4. The fraction of sp³-hybridized carbons (Fsp3) is 0.838. The molecule has 11 nitrogen and oxygen atoms in total. The summed E-state index contributed by atoms with van der Waals surface area (Å²) in [7, 11) is 0. The number of fused-ring (bicyclic) bond motifs is 3. The van der Waals surface area contributed by atoms with E-state index in [1.807, 2.05) is 13.8 Å². The van der Waals surface area contributed by atoms with Gasteiger partial charge in [-0.25, -0.2) is 4.89 Å². The second kappa shape index (κ2) is 14.4. The molecule has 0 aromatic rings. The predicted molar refractivity (Wildman–Crippen MR) is 177 cm³/mol. The van der Waals surface area contributed by atoms with Crippen LogP contribution >= 0.6 is 0 Å². The van der Waals surface area contributed by atoms with Crippen molar-refractivity contribution in [2.45, 2.75) is 149 Å². The number of hydrogen-bond donors (Lipinski definition) is 5. The molecule has 3 saturated carbocycles. The topological polar surface area (TPSA) is 172 Å². The maximum absolute atomic E-state index is 12.3. The van der Waals surface area contributed by atoms with Crippen LogP contribution in [0.4, 0.5) is 0 Å². The minimum Gasteiger partial charge on any atom is -0.481 e. The smallest absolute Gasteiger partial charge is 0.303 e. The SMILES string of the molecule is C=C(C)C(CC[C@](C)(O[C@@H]1O[C@@H](COC(C)=O)[C@H](O)[C@H]1O)[C@H]1CC[C@]2(C)[C@@H]1[C@H](O)CC1[C@@](C)(CCC(=O)O)[C@H](C(=C)C)CC[C@]12C)OO. The molecule has 1 heterocycles. The maximum atomic E-state index is 12.3. The molecule has 14 atom stereocenters. The Morgan fingerprint density at radius 1 is 1.02 bits per heavy atom. The first kappa shape index (κ1) is 38.9. The highest BCUT2D eigenvalue weighted by atomic mass is 17.1. The van der Waals surface area contributed by atoms with Crippen molar-refractivity contribution in [1.29, 1.82) is 0 Å². The number of carboxylic acid groups (broad SMARTS) is 1. The van der Waals surface area contributed by atoms with Crippen LogP contribution < -0.4 is 0 Å². The van der Waals surface area contributed by atoms with Gasteiger partial charge in [-0.3, -0.25) is 14.8 Å². The number of hydrogen-bond acceptors (Lipinski definition) is 10. The Bertz CT molecular complexity index is 1220. The van der Waals surface area contributed by atoms with Crippen molar-refractivity contribution >= 4 is 11.9 Å². The number of esters is 1. The van der Waals surface area contributed by atoms with Crippen LogP contribution in [0.5, 0.6) is 0 Å². The van der Waals surface area contributed by atoms with Gasteiger partial charge in [0.15, 0.2) is 6.29 Å². The van der Waals surface area contributed by atoms with E-state index in [9.17, 15) is 35.3 Å². The molecule has 0 spiro atoms. The minimum atomic E-state index is -1.41. The number of carbonyl (C=O) groups excluding carboxylic acids is 1. The summed E-state index contributed by atoms with van der Waals surface area (Å²) in [6, 6.07) is 0. The lowest BCUT2D eigenvalue weighted by Gasteiger charge is -2.67. The average Bonchev–Trinajstić information content (AvgIpc) is 3.50. The molecular weight excluding hydrogens is 620 g/mol. The molecule has 48 heavy (non-hydrogen) atoms. The molecule has 5 N–H and O–H groups in total. The summed E-state index contributed by atoms with van der Waals surface area (Å²) in [4.78, 5) is 28.0. The number of aliphatic hydroxyl groups excluding tert-OH is 3. The number of aliphatic hydroxyl groups is 3. The molecule has 4 aliphatic rings. The Kier molecular flexibility index (Phi) is 11.7. The van der Waals surface area contributed by atoms with Gasteiger partial charge >= 0.3 is 11.9 Å². The van der Waals surface area contributed by atoms with Crippen molar-refractivity contribution in [2.75, 3.05) is 6.61 Å². The zero-order valence-electron chi connectivity index (χ0n) is 29.9. The third-order valence-electron chi connectivity index (χ3n) is 13.6. The van der Waals surface area contributed by atoms with Crippen LogP contribution in [-0.4, -0.2) is 86.6 Å². The Labute approximate surface area is 285 Å². The standard InChI is InChI=1S/C37H60O11/c1-20(2)23-10-15-35(7)28(34(23,6)14-13-29(40)41)18-25(39)30-24(11-16-36(30,35)8)37(9,17-12-26(48-44)21(3)4)47-33-32(43)31(42)27(46-33)19-45-22(5)38/h23-28,30-33,39,42-44H,1,3,10-19H2,2,4-9H3,(H,40,41)/t23-,24-,25+,26?,27-,28?,30-,31-,32+,33-,34-,35+,36+,37-/m0/s1. The molecule has 0 aromatic carbocycles. The molecule has 4 rings (SSSR count). The van der Waals surface area contributed by atoms with Crippen LogP contribution in [0.25, 0.3) is 0 Å². The number of allylic oxidation sites excluding steroid dienone is 1. The molecule has 1 saturated heterocycles. The Morgan fingerprint density at radius 3 is 2.23 bits per heavy atom. The zero-order valence-corrected chi connectivity index (χ0v) is 29.9. The summed E-state index contributed by atoms with van der Waals surface area (Å²) in [5, 5.41) is 53.4. The Morgan fingerprint density at radius 2 is 1.67 bits per heavy atom. The van der Waals surface area contributed by atoms with Crippen molar-refractivity contribution in [1.82, 2.24) is 0 Å². The van der Waals surface area contributed by atoms with Gasteiger partial charge in [-0.15, -0.1) is 0 Å². The predicted octanol–water partition coefficient (Wildman–Crippen LogP) is 5.26. The van der Waals surface area contributed by atoms with E-state index in [0.717, 1.165) is 24.8 Å². The van der Waals surface area contributed by atoms with E-state index in [-0.39, 0.29) is 52.9 Å². The highest BCUT2D eigenvalue weighted by Crippen LogP contribution is 2.74. The summed E-state index contributed by atoms with van der Waals surface area (Å²) in [6.45, 7) is 21.8. The minimum absolute atomic E-state index is 0.0580. The number of carboxylic acids is 1. The van der Waals surface area contributed by atoms with Crippen molar-refractivity contribution < 1.29 is 54.4 Å². The van der Waals surface area contributed by atoms with Gasteiger partial charge in [-0.2, -0.15) is 0 Å². The fourth-order valence-corrected chi connectivity index (χ4v) is 10.9. The summed E-state index contributed by atoms with van der Waals surface area (Å²) >= 11 is 0. The van der Waals surface area contributed by atoms with Crippen LogP contribution in [0.1, 0.15) is 106 Å². The first-order valence-corrected chi connectivity index (χ1v) is 17.6. The fourth-order valence-electron chi connectivity index (χ4n) is 10.9. The summed E-state index contributed by atoms with van der Waals surface area (Å²) < 4.78 is 17.7. The average molecular weight is 681 g/mol.